The minimum atomic E-state index is -0.0527. The van der Waals surface area contributed by atoms with Crippen LogP contribution in [-0.2, 0) is 17.6 Å². The number of amides is 1. The third-order valence-corrected chi connectivity index (χ3v) is 7.05. The van der Waals surface area contributed by atoms with Crippen LogP contribution in [0.25, 0.3) is 10.9 Å². The molecule has 144 valence electrons. The molecule has 28 heavy (non-hydrogen) atoms. The first-order valence-corrected chi connectivity index (χ1v) is 11.1. The Kier molecular flexibility index (Phi) is 4.60. The van der Waals surface area contributed by atoms with Crippen LogP contribution in [0.3, 0.4) is 0 Å². The smallest absolute Gasteiger partial charge is 0.236 e. The summed E-state index contributed by atoms with van der Waals surface area (Å²) in [6.07, 6.45) is 4.50. The fourth-order valence-corrected chi connectivity index (χ4v) is 5.35. The Morgan fingerprint density at radius 1 is 1.18 bits per heavy atom. The second-order valence-electron chi connectivity index (χ2n) is 6.94. The molecule has 0 spiro atoms. The van der Waals surface area contributed by atoms with Crippen molar-refractivity contribution in [2.75, 3.05) is 17.9 Å². The van der Waals surface area contributed by atoms with Crippen LogP contribution in [0.1, 0.15) is 29.0 Å². The Bertz CT molecular complexity index is 1060. The number of fused-ring (bicyclic) bond motifs is 3. The molecule has 8 heteroatoms. The second-order valence-corrected chi connectivity index (χ2v) is 8.99. The van der Waals surface area contributed by atoms with Gasteiger partial charge in [-0.2, -0.15) is 0 Å². The standard InChI is InChI=1S/C20H19N3O3S2/c1-11-6-12-7-15-16(26-10-25-15)8-14(12)21-19(11)27-9-18(24)23-20-22-13-4-2-3-5-17(13)28-20/h6-8H,2-5,9-10H2,1H3,(H,22,23,24). The third kappa shape index (κ3) is 3.42. The van der Waals surface area contributed by atoms with Crippen LogP contribution in [-0.4, -0.2) is 28.4 Å². The molecular formula is C20H19N3O3S2. The lowest BCUT2D eigenvalue weighted by atomic mass is 10.0. The van der Waals surface area contributed by atoms with E-state index >= 15 is 0 Å². The average molecular weight is 414 g/mol. The number of thioether (sulfide) groups is 1. The molecule has 1 aromatic carbocycles. The van der Waals surface area contributed by atoms with E-state index < -0.39 is 0 Å². The van der Waals surface area contributed by atoms with Gasteiger partial charge in [-0.1, -0.05) is 11.8 Å². The number of hydrogen-bond donors (Lipinski definition) is 1. The number of benzene rings is 1. The summed E-state index contributed by atoms with van der Waals surface area (Å²) in [6, 6.07) is 5.91. The van der Waals surface area contributed by atoms with E-state index in [0.29, 0.717) is 16.6 Å². The number of carbonyl (C=O) groups excluding carboxylic acids is 1. The normalized spacial score (nSPS) is 14.9. The number of nitrogens with zero attached hydrogens (tertiary/aromatic N) is 2. The van der Waals surface area contributed by atoms with Gasteiger partial charge in [0, 0.05) is 16.3 Å². The molecule has 0 unspecified atom stereocenters. The number of anilines is 1. The van der Waals surface area contributed by atoms with Gasteiger partial charge in [0.05, 0.1) is 17.0 Å². The zero-order valence-corrected chi connectivity index (χ0v) is 17.0. The van der Waals surface area contributed by atoms with Gasteiger partial charge in [-0.15, -0.1) is 11.3 Å². The summed E-state index contributed by atoms with van der Waals surface area (Å²) in [6.45, 7) is 2.25. The Labute approximate surface area is 170 Å². The monoisotopic (exact) mass is 413 g/mol. The highest BCUT2D eigenvalue weighted by Crippen LogP contribution is 2.37. The van der Waals surface area contributed by atoms with E-state index in [2.05, 4.69) is 16.4 Å². The number of rotatable bonds is 4. The molecule has 6 nitrogen and oxygen atoms in total. The van der Waals surface area contributed by atoms with Crippen molar-refractivity contribution in [2.45, 2.75) is 37.6 Å². The lowest BCUT2D eigenvalue weighted by Crippen LogP contribution is -2.14. The fraction of sp³-hybridized carbons (Fsp3) is 0.350. The molecule has 0 saturated heterocycles. The van der Waals surface area contributed by atoms with Crippen molar-refractivity contribution in [2.24, 2.45) is 0 Å². The minimum Gasteiger partial charge on any atom is -0.454 e. The Hall–Kier alpha value is -2.32. The van der Waals surface area contributed by atoms with Crippen molar-refractivity contribution >= 4 is 45.0 Å². The van der Waals surface area contributed by atoms with E-state index in [-0.39, 0.29) is 12.7 Å². The van der Waals surface area contributed by atoms with Gasteiger partial charge in [0.25, 0.3) is 0 Å². The van der Waals surface area contributed by atoms with Gasteiger partial charge >= 0.3 is 0 Å². The highest BCUT2D eigenvalue weighted by Gasteiger charge is 2.18. The maximum absolute atomic E-state index is 12.4. The summed E-state index contributed by atoms with van der Waals surface area (Å²) in [5.41, 5.74) is 3.03. The number of thiazole rings is 1. The number of carbonyl (C=O) groups is 1. The summed E-state index contributed by atoms with van der Waals surface area (Å²) in [7, 11) is 0. The molecule has 0 saturated carbocycles. The van der Waals surface area contributed by atoms with Gasteiger partial charge in [0.1, 0.15) is 5.03 Å². The summed E-state index contributed by atoms with van der Waals surface area (Å²) < 4.78 is 10.9. The van der Waals surface area contributed by atoms with Crippen LogP contribution in [0.15, 0.2) is 23.2 Å². The van der Waals surface area contributed by atoms with Crippen LogP contribution in [0.5, 0.6) is 11.5 Å². The molecule has 3 aromatic rings. The highest BCUT2D eigenvalue weighted by atomic mass is 32.2. The molecule has 2 aliphatic rings. The first-order valence-electron chi connectivity index (χ1n) is 9.28. The molecule has 1 amide bonds. The molecule has 5 rings (SSSR count). The Balaban J connectivity index is 1.28. The predicted molar refractivity (Wildman–Crippen MR) is 111 cm³/mol. The van der Waals surface area contributed by atoms with E-state index in [0.717, 1.165) is 45.8 Å². The Morgan fingerprint density at radius 2 is 2.00 bits per heavy atom. The van der Waals surface area contributed by atoms with Crippen LogP contribution < -0.4 is 14.8 Å². The molecule has 2 aromatic heterocycles. The van der Waals surface area contributed by atoms with Crippen molar-refractivity contribution in [3.05, 3.63) is 34.3 Å². The number of hydrogen-bond acceptors (Lipinski definition) is 7. The predicted octanol–water partition coefficient (Wildman–Crippen LogP) is 4.34. The number of aryl methyl sites for hydroxylation is 3. The van der Waals surface area contributed by atoms with Gasteiger partial charge in [-0.05, 0) is 50.3 Å². The highest BCUT2D eigenvalue weighted by molar-refractivity contribution is 8.00. The molecular weight excluding hydrogens is 394 g/mol. The topological polar surface area (TPSA) is 73.3 Å². The maximum Gasteiger partial charge on any atom is 0.236 e. The van der Waals surface area contributed by atoms with Crippen molar-refractivity contribution in [3.63, 3.8) is 0 Å². The number of aromatic nitrogens is 2. The van der Waals surface area contributed by atoms with E-state index in [4.69, 9.17) is 14.5 Å². The van der Waals surface area contributed by atoms with Gasteiger partial charge < -0.3 is 14.8 Å². The minimum absolute atomic E-state index is 0.0527. The fourth-order valence-electron chi connectivity index (χ4n) is 3.49. The SMILES string of the molecule is Cc1cc2cc3c(cc2nc1SCC(=O)Nc1nc2c(s1)CCCC2)OCO3. The summed E-state index contributed by atoms with van der Waals surface area (Å²) >= 11 is 3.05. The van der Waals surface area contributed by atoms with E-state index in [1.54, 1.807) is 11.3 Å². The molecule has 1 aliphatic heterocycles. The second kappa shape index (κ2) is 7.25. The number of ether oxygens (including phenoxy) is 2. The van der Waals surface area contributed by atoms with Crippen LogP contribution in [0, 0.1) is 6.92 Å². The maximum atomic E-state index is 12.4. The van der Waals surface area contributed by atoms with E-state index in [9.17, 15) is 4.79 Å². The van der Waals surface area contributed by atoms with Crippen LogP contribution in [0.2, 0.25) is 0 Å². The Morgan fingerprint density at radius 3 is 2.86 bits per heavy atom. The molecule has 3 heterocycles. The van der Waals surface area contributed by atoms with E-state index in [1.165, 1.54) is 29.5 Å². The van der Waals surface area contributed by atoms with Crippen LogP contribution in [0.4, 0.5) is 5.13 Å². The summed E-state index contributed by atoms with van der Waals surface area (Å²) in [5.74, 6) is 1.71. The third-order valence-electron chi connectivity index (χ3n) is 4.89. The molecule has 0 bridgehead atoms. The molecule has 1 aliphatic carbocycles. The molecule has 0 fully saturated rings. The summed E-state index contributed by atoms with van der Waals surface area (Å²) in [4.78, 5) is 23.0. The van der Waals surface area contributed by atoms with Crippen molar-refractivity contribution in [1.29, 1.82) is 0 Å². The quantitative estimate of drug-likeness (QED) is 0.642. The lowest BCUT2D eigenvalue weighted by molar-refractivity contribution is -0.113. The number of pyridine rings is 1. The van der Waals surface area contributed by atoms with Gasteiger partial charge in [-0.3, -0.25) is 4.79 Å². The van der Waals surface area contributed by atoms with Gasteiger partial charge in [0.15, 0.2) is 16.6 Å². The van der Waals surface area contributed by atoms with Crippen LogP contribution >= 0.6 is 23.1 Å². The molecule has 0 atom stereocenters. The van der Waals surface area contributed by atoms with Crippen molar-refractivity contribution in [1.82, 2.24) is 9.97 Å². The van der Waals surface area contributed by atoms with Gasteiger partial charge in [-0.25, -0.2) is 9.97 Å². The van der Waals surface area contributed by atoms with E-state index in [1.807, 2.05) is 19.1 Å². The molecule has 0 radical (unpaired) electrons. The van der Waals surface area contributed by atoms with Crippen molar-refractivity contribution < 1.29 is 14.3 Å². The first-order chi connectivity index (χ1) is 13.7. The average Bonchev–Trinajstić information content (AvgIpc) is 3.30. The zero-order valence-electron chi connectivity index (χ0n) is 15.4. The lowest BCUT2D eigenvalue weighted by Gasteiger charge is -2.08. The van der Waals surface area contributed by atoms with Crippen molar-refractivity contribution in [3.8, 4) is 11.5 Å². The zero-order chi connectivity index (χ0) is 19.1. The molecule has 1 N–H and O–H groups in total. The number of nitrogens with one attached hydrogen (secondary N) is 1. The first kappa shape index (κ1) is 17.8. The summed E-state index contributed by atoms with van der Waals surface area (Å²) in [5, 5.41) is 5.51. The van der Waals surface area contributed by atoms with Gasteiger partial charge in [0.2, 0.25) is 12.7 Å². The largest absolute Gasteiger partial charge is 0.454 e.